The van der Waals surface area contributed by atoms with Gasteiger partial charge >= 0.3 is 0 Å². The van der Waals surface area contributed by atoms with Crippen LogP contribution in [0.2, 0.25) is 10.0 Å². The van der Waals surface area contributed by atoms with E-state index in [1.165, 1.54) is 0 Å². The van der Waals surface area contributed by atoms with Crippen molar-refractivity contribution >= 4 is 40.5 Å². The molecule has 4 aromatic rings. The Morgan fingerprint density at radius 1 is 1.02 bits per heavy atom. The second-order valence-electron chi connectivity index (χ2n) is 10.9. The highest BCUT2D eigenvalue weighted by Crippen LogP contribution is 2.41. The molecule has 1 aliphatic rings. The Kier molecular flexibility index (Phi) is 10.9. The largest absolute Gasteiger partial charge is 0.481 e. The normalized spacial score (nSPS) is 15.2. The Morgan fingerprint density at radius 3 is 2.56 bits per heavy atom. The number of nitrogens with zero attached hydrogens (tertiary/aromatic N) is 2. The van der Waals surface area contributed by atoms with Gasteiger partial charge in [0.05, 0.1) is 46.0 Å². The average molecular weight is 654 g/mol. The second-order valence-corrected chi connectivity index (χ2v) is 11.6. The predicted octanol–water partition coefficient (Wildman–Crippen LogP) is 5.85. The molecule has 3 heterocycles. The number of methoxy groups -OCH3 is 1. The van der Waals surface area contributed by atoms with E-state index < -0.39 is 11.9 Å². The van der Waals surface area contributed by atoms with Crippen LogP contribution >= 0.6 is 23.2 Å². The predicted molar refractivity (Wildman–Crippen MR) is 175 cm³/mol. The number of rotatable bonds is 13. The van der Waals surface area contributed by atoms with Crippen molar-refractivity contribution in [2.24, 2.45) is 0 Å². The van der Waals surface area contributed by atoms with Crippen LogP contribution in [0.1, 0.15) is 30.9 Å². The van der Waals surface area contributed by atoms with E-state index in [0.29, 0.717) is 70.7 Å². The van der Waals surface area contributed by atoms with Gasteiger partial charge in [0, 0.05) is 67.1 Å². The van der Waals surface area contributed by atoms with Crippen molar-refractivity contribution < 1.29 is 19.0 Å². The fraction of sp³-hybridized carbons (Fsp3) is 0.303. The number of ether oxygens (including phenoxy) is 1. The van der Waals surface area contributed by atoms with Crippen LogP contribution in [-0.2, 0) is 17.9 Å². The fourth-order valence-corrected chi connectivity index (χ4v) is 5.73. The summed E-state index contributed by atoms with van der Waals surface area (Å²) in [6, 6.07) is 16.2. The molecule has 1 fully saturated rings. The molecule has 9 nitrogen and oxygen atoms in total. The third-order valence-corrected chi connectivity index (χ3v) is 8.24. The van der Waals surface area contributed by atoms with Crippen molar-refractivity contribution in [1.29, 1.82) is 0 Å². The van der Waals surface area contributed by atoms with E-state index in [-0.39, 0.29) is 29.2 Å². The van der Waals surface area contributed by atoms with Gasteiger partial charge in [-0.15, -0.1) is 0 Å². The molecule has 0 spiro atoms. The molecule has 1 amide bonds. The quantitative estimate of drug-likeness (QED) is 0.122. The first kappa shape index (κ1) is 32.6. The van der Waals surface area contributed by atoms with Gasteiger partial charge in [-0.05, 0) is 31.5 Å². The van der Waals surface area contributed by atoms with Gasteiger partial charge in [-0.25, -0.2) is 9.37 Å². The van der Waals surface area contributed by atoms with E-state index in [1.807, 2.05) is 30.3 Å². The summed E-state index contributed by atoms with van der Waals surface area (Å²) in [6.45, 7) is 3.46. The van der Waals surface area contributed by atoms with E-state index in [1.54, 1.807) is 44.5 Å². The van der Waals surface area contributed by atoms with E-state index in [0.717, 1.165) is 12.0 Å². The van der Waals surface area contributed by atoms with Crippen LogP contribution in [0.3, 0.4) is 0 Å². The van der Waals surface area contributed by atoms with Crippen LogP contribution < -0.4 is 26.0 Å². The molecule has 2 atom stereocenters. The first-order valence-corrected chi connectivity index (χ1v) is 15.4. The summed E-state index contributed by atoms with van der Waals surface area (Å²) >= 11 is 13.8. The molecule has 0 aliphatic carbocycles. The van der Waals surface area contributed by atoms with Crippen LogP contribution in [0, 0.1) is 5.82 Å². The van der Waals surface area contributed by atoms with Crippen LogP contribution in [0.5, 0.6) is 5.88 Å². The first-order chi connectivity index (χ1) is 21.7. The van der Waals surface area contributed by atoms with Crippen LogP contribution in [0.15, 0.2) is 60.8 Å². The number of anilines is 2. The van der Waals surface area contributed by atoms with Gasteiger partial charge in [0.15, 0.2) is 5.82 Å². The molecule has 5 rings (SSSR count). The standard InChI is InChI=1S/C33H35Cl2FN6O3/c1-19(43)15-37-16-20-5-3-8-27(31(20)36)41-26-13-14-39-32(30(26)35)24-7-4-6-23(29(24)34)25-11-9-21(33(42-25)45-2)17-38-18-22-10-12-28(44)40-22/h3-9,11,13-14,19,22,37-38,43H,10,12,15-18H2,1-2H3,(H,39,41)(H,40,44)/t19-,22+/m1/s1. The van der Waals surface area contributed by atoms with Crippen molar-refractivity contribution in [2.45, 2.75) is 45.0 Å². The monoisotopic (exact) mass is 652 g/mol. The van der Waals surface area contributed by atoms with Gasteiger partial charge in [-0.3, -0.25) is 9.78 Å². The summed E-state index contributed by atoms with van der Waals surface area (Å²) in [7, 11) is 1.57. The molecule has 236 valence electrons. The minimum atomic E-state index is -0.535. The third-order valence-electron chi connectivity index (χ3n) is 7.45. The number of hydrogen-bond donors (Lipinski definition) is 5. The second kappa shape index (κ2) is 15.0. The Balaban J connectivity index is 1.36. The molecule has 1 aliphatic heterocycles. The maximum atomic E-state index is 15.3. The number of carbonyl (C=O) groups is 1. The lowest BCUT2D eigenvalue weighted by atomic mass is 10.0. The molecular weight excluding hydrogens is 618 g/mol. The van der Waals surface area contributed by atoms with Gasteiger partial charge in [0.1, 0.15) is 0 Å². The Morgan fingerprint density at radius 2 is 1.80 bits per heavy atom. The van der Waals surface area contributed by atoms with Crippen LogP contribution in [0.25, 0.3) is 22.5 Å². The molecule has 2 aromatic carbocycles. The summed E-state index contributed by atoms with van der Waals surface area (Å²) in [5.41, 5.74) is 4.33. The fourth-order valence-electron chi connectivity index (χ4n) is 5.16. The number of aliphatic hydroxyl groups excluding tert-OH is 1. The molecule has 0 saturated carbocycles. The molecule has 0 radical (unpaired) electrons. The lowest BCUT2D eigenvalue weighted by Crippen LogP contribution is -2.35. The number of halogens is 3. The highest BCUT2D eigenvalue weighted by molar-refractivity contribution is 6.39. The number of amides is 1. The minimum absolute atomic E-state index is 0.0847. The number of nitrogens with one attached hydrogen (secondary N) is 4. The molecular formula is C33H35Cl2FN6O3. The van der Waals surface area contributed by atoms with Gasteiger partial charge < -0.3 is 31.1 Å². The number of hydrogen-bond acceptors (Lipinski definition) is 8. The van der Waals surface area contributed by atoms with Crippen molar-refractivity contribution in [3.8, 4) is 28.4 Å². The topological polar surface area (TPSA) is 120 Å². The minimum Gasteiger partial charge on any atom is -0.481 e. The highest BCUT2D eigenvalue weighted by atomic mass is 35.5. The zero-order valence-corrected chi connectivity index (χ0v) is 26.5. The summed E-state index contributed by atoms with van der Waals surface area (Å²) in [6.07, 6.45) is 2.43. The van der Waals surface area contributed by atoms with Gasteiger partial charge in [-0.2, -0.15) is 0 Å². The molecule has 0 bridgehead atoms. The summed E-state index contributed by atoms with van der Waals surface area (Å²) in [4.78, 5) is 20.7. The number of pyridine rings is 2. The zero-order valence-electron chi connectivity index (χ0n) is 25.0. The van der Waals surface area contributed by atoms with Gasteiger partial charge in [0.2, 0.25) is 11.8 Å². The number of benzene rings is 2. The van der Waals surface area contributed by atoms with Crippen molar-refractivity contribution in [3.63, 3.8) is 0 Å². The summed E-state index contributed by atoms with van der Waals surface area (Å²) < 4.78 is 20.9. The number of carbonyl (C=O) groups excluding carboxylic acids is 1. The average Bonchev–Trinajstić information content (AvgIpc) is 3.45. The molecule has 0 unspecified atom stereocenters. The SMILES string of the molecule is COc1nc(-c2cccc(-c3nccc(Nc4cccc(CNC[C@@H](C)O)c4F)c3Cl)c2Cl)ccc1CNC[C@@H]1CCC(=O)N1. The zero-order chi connectivity index (χ0) is 31.9. The number of aliphatic hydroxyl groups is 1. The van der Waals surface area contributed by atoms with Crippen molar-refractivity contribution in [3.05, 3.63) is 87.8 Å². The number of aromatic nitrogens is 2. The third kappa shape index (κ3) is 7.89. The molecule has 1 saturated heterocycles. The van der Waals surface area contributed by atoms with Gasteiger partial charge in [0.25, 0.3) is 0 Å². The first-order valence-electron chi connectivity index (χ1n) is 14.7. The molecule has 5 N–H and O–H groups in total. The van der Waals surface area contributed by atoms with Crippen LogP contribution in [0.4, 0.5) is 15.8 Å². The van der Waals surface area contributed by atoms with E-state index in [4.69, 9.17) is 32.9 Å². The highest BCUT2D eigenvalue weighted by Gasteiger charge is 2.21. The lowest BCUT2D eigenvalue weighted by molar-refractivity contribution is -0.119. The van der Waals surface area contributed by atoms with Gasteiger partial charge in [-0.1, -0.05) is 59.6 Å². The summed E-state index contributed by atoms with van der Waals surface area (Å²) in [5, 5.41) is 22.6. The van der Waals surface area contributed by atoms with Crippen molar-refractivity contribution in [1.82, 2.24) is 25.9 Å². The van der Waals surface area contributed by atoms with E-state index in [9.17, 15) is 9.90 Å². The van der Waals surface area contributed by atoms with Crippen LogP contribution in [-0.4, -0.2) is 53.3 Å². The van der Waals surface area contributed by atoms with Crippen molar-refractivity contribution in [2.75, 3.05) is 25.5 Å². The molecule has 45 heavy (non-hydrogen) atoms. The molecule has 2 aromatic heterocycles. The van der Waals surface area contributed by atoms with E-state index >= 15 is 4.39 Å². The maximum Gasteiger partial charge on any atom is 0.220 e. The summed E-state index contributed by atoms with van der Waals surface area (Å²) in [5.74, 6) is 0.125. The molecule has 12 heteroatoms. The Bertz CT molecular complexity index is 1670. The Labute approximate surface area is 271 Å². The smallest absolute Gasteiger partial charge is 0.220 e. The maximum absolute atomic E-state index is 15.3. The lowest BCUT2D eigenvalue weighted by Gasteiger charge is -2.16. The van der Waals surface area contributed by atoms with E-state index in [2.05, 4.69) is 26.3 Å². The Hall–Kier alpha value is -3.80.